The Morgan fingerprint density at radius 2 is 1.76 bits per heavy atom. The zero-order valence-electron chi connectivity index (χ0n) is 9.10. The number of nitrogens with two attached hydrogens (primary N) is 1. The molecule has 3 nitrogen and oxygen atoms in total. The molecule has 0 atom stereocenters. The molecule has 0 aliphatic rings. The first-order valence-corrected chi connectivity index (χ1v) is 6.32. The van der Waals surface area contributed by atoms with Crippen LogP contribution in [0.15, 0.2) is 12.1 Å². The Balaban J connectivity index is 2.65. The van der Waals surface area contributed by atoms with Crippen LogP contribution in [0.4, 0.5) is 5.69 Å². The van der Waals surface area contributed by atoms with Gasteiger partial charge in [-0.15, -0.1) is 0 Å². The van der Waals surface area contributed by atoms with E-state index in [9.17, 15) is 4.79 Å². The minimum absolute atomic E-state index is 0.135. The molecule has 0 heterocycles. The van der Waals surface area contributed by atoms with Crippen molar-refractivity contribution in [3.05, 3.63) is 27.2 Å². The number of carbonyl (C=O) groups is 1. The van der Waals surface area contributed by atoms with Gasteiger partial charge in [-0.05, 0) is 31.5 Å². The number of anilines is 1. The summed E-state index contributed by atoms with van der Waals surface area (Å²) >= 11 is 17.6. The first-order valence-electron chi connectivity index (χ1n) is 5.19. The molecule has 0 spiro atoms. The minimum Gasteiger partial charge on any atom is -0.330 e. The minimum atomic E-state index is -0.135. The summed E-state index contributed by atoms with van der Waals surface area (Å²) in [4.78, 5) is 11.6. The number of benzene rings is 1. The smallest absolute Gasteiger partial charge is 0.224 e. The van der Waals surface area contributed by atoms with E-state index in [-0.39, 0.29) is 5.91 Å². The Hall–Kier alpha value is -0.480. The van der Waals surface area contributed by atoms with E-state index in [4.69, 9.17) is 40.5 Å². The average molecular weight is 296 g/mol. The van der Waals surface area contributed by atoms with Gasteiger partial charge in [-0.3, -0.25) is 4.79 Å². The summed E-state index contributed by atoms with van der Waals surface area (Å²) in [7, 11) is 0. The number of nitrogens with one attached hydrogen (secondary N) is 1. The molecule has 0 unspecified atom stereocenters. The van der Waals surface area contributed by atoms with E-state index >= 15 is 0 Å². The van der Waals surface area contributed by atoms with E-state index in [1.807, 2.05) is 0 Å². The molecule has 0 saturated heterocycles. The quantitative estimate of drug-likeness (QED) is 0.814. The third kappa shape index (κ3) is 4.72. The molecule has 1 amide bonds. The van der Waals surface area contributed by atoms with Gasteiger partial charge in [0.05, 0.1) is 15.7 Å². The van der Waals surface area contributed by atoms with Crippen molar-refractivity contribution in [3.8, 4) is 0 Å². The van der Waals surface area contributed by atoms with Gasteiger partial charge in [0.15, 0.2) is 0 Å². The molecule has 0 fully saturated rings. The Labute approximate surface area is 115 Å². The Morgan fingerprint density at radius 3 is 2.29 bits per heavy atom. The highest BCUT2D eigenvalue weighted by atomic mass is 35.5. The Bertz CT molecular complexity index is 387. The number of halogens is 3. The van der Waals surface area contributed by atoms with E-state index in [0.717, 1.165) is 12.8 Å². The summed E-state index contributed by atoms with van der Waals surface area (Å²) in [5, 5.41) is 3.75. The van der Waals surface area contributed by atoms with Gasteiger partial charge in [0, 0.05) is 11.4 Å². The molecule has 6 heteroatoms. The molecule has 0 radical (unpaired) electrons. The average Bonchev–Trinajstić information content (AvgIpc) is 2.24. The first kappa shape index (κ1) is 14.6. The molecule has 1 rings (SSSR count). The monoisotopic (exact) mass is 294 g/mol. The van der Waals surface area contributed by atoms with Crippen LogP contribution in [-0.2, 0) is 4.79 Å². The Kier molecular flexibility index (Phi) is 6.06. The molecule has 0 bridgehead atoms. The molecular formula is C11H13Cl3N2O. The van der Waals surface area contributed by atoms with Gasteiger partial charge in [-0.25, -0.2) is 0 Å². The van der Waals surface area contributed by atoms with Crippen LogP contribution in [0.25, 0.3) is 0 Å². The highest BCUT2D eigenvalue weighted by Crippen LogP contribution is 2.33. The van der Waals surface area contributed by atoms with Crippen LogP contribution in [0.2, 0.25) is 15.1 Å². The topological polar surface area (TPSA) is 55.1 Å². The zero-order valence-corrected chi connectivity index (χ0v) is 11.4. The summed E-state index contributed by atoms with van der Waals surface area (Å²) in [6, 6.07) is 3.06. The highest BCUT2D eigenvalue weighted by Gasteiger charge is 2.10. The number of hydrogen-bond donors (Lipinski definition) is 2. The van der Waals surface area contributed by atoms with Gasteiger partial charge < -0.3 is 11.1 Å². The Morgan fingerprint density at radius 1 is 1.18 bits per heavy atom. The molecule has 0 aliphatic carbocycles. The standard InChI is InChI=1S/C11H13Cl3N2O/c12-7-5-8(13)11(9(14)6-7)16-10(17)3-1-2-4-15/h5-6H,1-4,15H2,(H,16,17). The maximum absolute atomic E-state index is 11.6. The lowest BCUT2D eigenvalue weighted by Crippen LogP contribution is -2.12. The van der Waals surface area contributed by atoms with Crippen molar-refractivity contribution >= 4 is 46.4 Å². The second-order valence-corrected chi connectivity index (χ2v) is 4.79. The van der Waals surface area contributed by atoms with Crippen molar-refractivity contribution in [1.29, 1.82) is 0 Å². The van der Waals surface area contributed by atoms with Crippen LogP contribution in [0, 0.1) is 0 Å². The van der Waals surface area contributed by atoms with Gasteiger partial charge in [0.1, 0.15) is 0 Å². The van der Waals surface area contributed by atoms with Crippen LogP contribution in [0.5, 0.6) is 0 Å². The van der Waals surface area contributed by atoms with Crippen molar-refractivity contribution in [2.45, 2.75) is 19.3 Å². The molecule has 3 N–H and O–H groups in total. The van der Waals surface area contributed by atoms with Gasteiger partial charge in [-0.1, -0.05) is 34.8 Å². The van der Waals surface area contributed by atoms with Gasteiger partial charge in [0.2, 0.25) is 5.91 Å². The van der Waals surface area contributed by atoms with Crippen LogP contribution in [0.3, 0.4) is 0 Å². The van der Waals surface area contributed by atoms with Crippen LogP contribution >= 0.6 is 34.8 Å². The maximum Gasteiger partial charge on any atom is 0.224 e. The van der Waals surface area contributed by atoms with Crippen LogP contribution in [-0.4, -0.2) is 12.5 Å². The molecule has 0 aliphatic heterocycles. The molecule has 94 valence electrons. The number of unbranched alkanes of at least 4 members (excludes halogenated alkanes) is 1. The fourth-order valence-corrected chi connectivity index (χ4v) is 2.20. The lowest BCUT2D eigenvalue weighted by atomic mass is 10.2. The predicted octanol–water partition coefficient (Wildman–Crippen LogP) is 3.71. The van der Waals surface area contributed by atoms with Gasteiger partial charge >= 0.3 is 0 Å². The third-order valence-corrected chi connectivity index (χ3v) is 2.94. The maximum atomic E-state index is 11.6. The summed E-state index contributed by atoms with van der Waals surface area (Å²) in [6.07, 6.45) is 1.95. The SMILES string of the molecule is NCCCCC(=O)Nc1c(Cl)cc(Cl)cc1Cl. The number of carbonyl (C=O) groups excluding carboxylic acids is 1. The van der Waals surface area contributed by atoms with Crippen molar-refractivity contribution in [1.82, 2.24) is 0 Å². The summed E-state index contributed by atoms with van der Waals surface area (Å²) < 4.78 is 0. The zero-order chi connectivity index (χ0) is 12.8. The molecule has 1 aromatic carbocycles. The molecule has 1 aromatic rings. The summed E-state index contributed by atoms with van der Waals surface area (Å²) in [6.45, 7) is 0.579. The van der Waals surface area contributed by atoms with E-state index in [0.29, 0.717) is 33.7 Å². The molecular weight excluding hydrogens is 282 g/mol. The van der Waals surface area contributed by atoms with Crippen LogP contribution in [0.1, 0.15) is 19.3 Å². The van der Waals surface area contributed by atoms with Crippen molar-refractivity contribution in [3.63, 3.8) is 0 Å². The fraction of sp³-hybridized carbons (Fsp3) is 0.364. The normalized spacial score (nSPS) is 10.4. The lowest BCUT2D eigenvalue weighted by molar-refractivity contribution is -0.116. The highest BCUT2D eigenvalue weighted by molar-refractivity contribution is 6.42. The van der Waals surface area contributed by atoms with E-state index in [2.05, 4.69) is 5.32 Å². The van der Waals surface area contributed by atoms with Crippen molar-refractivity contribution in [2.75, 3.05) is 11.9 Å². The van der Waals surface area contributed by atoms with Gasteiger partial charge in [0.25, 0.3) is 0 Å². The van der Waals surface area contributed by atoms with E-state index in [1.54, 1.807) is 0 Å². The molecule has 0 saturated carbocycles. The fourth-order valence-electron chi connectivity index (χ4n) is 1.29. The van der Waals surface area contributed by atoms with Gasteiger partial charge in [-0.2, -0.15) is 0 Å². The predicted molar refractivity (Wildman–Crippen MR) is 73.0 cm³/mol. The van der Waals surface area contributed by atoms with Crippen LogP contribution < -0.4 is 11.1 Å². The number of amides is 1. The number of hydrogen-bond acceptors (Lipinski definition) is 2. The van der Waals surface area contributed by atoms with E-state index in [1.165, 1.54) is 12.1 Å². The summed E-state index contributed by atoms with van der Waals surface area (Å²) in [5.41, 5.74) is 5.74. The van der Waals surface area contributed by atoms with Crippen molar-refractivity contribution < 1.29 is 4.79 Å². The van der Waals surface area contributed by atoms with E-state index < -0.39 is 0 Å². The second kappa shape index (κ2) is 7.07. The lowest BCUT2D eigenvalue weighted by Gasteiger charge is -2.09. The number of rotatable bonds is 5. The summed E-state index contributed by atoms with van der Waals surface area (Å²) in [5.74, 6) is -0.135. The molecule has 17 heavy (non-hydrogen) atoms. The third-order valence-electron chi connectivity index (χ3n) is 2.13. The largest absolute Gasteiger partial charge is 0.330 e. The second-order valence-electron chi connectivity index (χ2n) is 3.54. The first-order chi connectivity index (χ1) is 8.04. The van der Waals surface area contributed by atoms with Crippen molar-refractivity contribution in [2.24, 2.45) is 5.73 Å². The molecule has 0 aromatic heterocycles.